The monoisotopic (exact) mass is 296 g/mol. The lowest BCUT2D eigenvalue weighted by molar-refractivity contribution is 0.0261. The molecule has 1 fully saturated rings. The maximum atomic E-state index is 6.04. The zero-order valence-electron chi connectivity index (χ0n) is 9.28. The highest BCUT2D eigenvalue weighted by Gasteiger charge is 2.17. The van der Waals surface area contributed by atoms with Gasteiger partial charge < -0.3 is 9.47 Å². The van der Waals surface area contributed by atoms with E-state index in [-0.39, 0.29) is 6.10 Å². The molecule has 0 atom stereocenters. The number of aromatic amines is 1. The van der Waals surface area contributed by atoms with Gasteiger partial charge in [-0.15, -0.1) is 0 Å². The van der Waals surface area contributed by atoms with E-state index in [0.717, 1.165) is 47.2 Å². The third-order valence-electron chi connectivity index (χ3n) is 2.95. The molecule has 1 saturated heterocycles. The molecule has 0 amide bonds. The lowest BCUT2D eigenvalue weighted by Crippen LogP contribution is -2.25. The van der Waals surface area contributed by atoms with Crippen molar-refractivity contribution >= 4 is 26.8 Å². The average molecular weight is 297 g/mol. The van der Waals surface area contributed by atoms with Crippen LogP contribution >= 0.6 is 15.9 Å². The first-order chi connectivity index (χ1) is 8.33. The van der Waals surface area contributed by atoms with Gasteiger partial charge in [-0.25, -0.2) is 0 Å². The summed E-state index contributed by atoms with van der Waals surface area (Å²) in [5.41, 5.74) is 0.987. The smallest absolute Gasteiger partial charge is 0.131 e. The summed E-state index contributed by atoms with van der Waals surface area (Å²) in [6, 6.07) is 3.99. The van der Waals surface area contributed by atoms with Gasteiger partial charge >= 0.3 is 0 Å². The van der Waals surface area contributed by atoms with Gasteiger partial charge in [-0.05, 0) is 12.1 Å². The van der Waals surface area contributed by atoms with Crippen molar-refractivity contribution < 1.29 is 9.47 Å². The van der Waals surface area contributed by atoms with Crippen LogP contribution in [0.4, 0.5) is 0 Å². The number of hydrogen-bond acceptors (Lipinski definition) is 3. The first-order valence-corrected chi connectivity index (χ1v) is 6.49. The summed E-state index contributed by atoms with van der Waals surface area (Å²) in [5.74, 6) is 0.884. The van der Waals surface area contributed by atoms with Crippen LogP contribution in [0.15, 0.2) is 22.8 Å². The average Bonchev–Trinajstić information content (AvgIpc) is 2.78. The Labute approximate surface area is 107 Å². The van der Waals surface area contributed by atoms with Gasteiger partial charge in [-0.2, -0.15) is 5.10 Å². The Morgan fingerprint density at radius 3 is 3.00 bits per heavy atom. The molecule has 2 aromatic rings. The van der Waals surface area contributed by atoms with Crippen molar-refractivity contribution in [1.82, 2.24) is 10.2 Å². The number of H-pyrrole nitrogens is 1. The second-order valence-electron chi connectivity index (χ2n) is 4.16. The van der Waals surface area contributed by atoms with E-state index in [1.165, 1.54) is 0 Å². The maximum absolute atomic E-state index is 6.04. The number of hydrogen-bond donors (Lipinski definition) is 1. The second-order valence-corrected chi connectivity index (χ2v) is 5.08. The van der Waals surface area contributed by atoms with E-state index in [9.17, 15) is 0 Å². The third kappa shape index (κ3) is 2.30. The Balaban J connectivity index is 1.90. The normalized spacial score (nSPS) is 17.5. The Hall–Kier alpha value is -1.07. The largest absolute Gasteiger partial charge is 0.489 e. The Morgan fingerprint density at radius 1 is 1.35 bits per heavy atom. The van der Waals surface area contributed by atoms with Crippen LogP contribution in [-0.2, 0) is 4.74 Å². The fourth-order valence-electron chi connectivity index (χ4n) is 2.06. The van der Waals surface area contributed by atoms with Crippen LogP contribution in [0.3, 0.4) is 0 Å². The van der Waals surface area contributed by atoms with Gasteiger partial charge in [0.05, 0.1) is 30.3 Å². The van der Waals surface area contributed by atoms with Crippen LogP contribution in [0.25, 0.3) is 10.9 Å². The number of aromatic nitrogens is 2. The number of nitrogens with one attached hydrogen (secondary N) is 1. The predicted molar refractivity (Wildman–Crippen MR) is 68.3 cm³/mol. The van der Waals surface area contributed by atoms with Gasteiger partial charge in [0, 0.05) is 17.3 Å². The number of benzene rings is 1. The molecule has 0 spiro atoms. The summed E-state index contributed by atoms with van der Waals surface area (Å²) < 4.78 is 12.4. The van der Waals surface area contributed by atoms with Crippen LogP contribution in [0.5, 0.6) is 5.75 Å². The molecular weight excluding hydrogens is 284 g/mol. The predicted octanol–water partition coefficient (Wildman–Crippen LogP) is 2.88. The highest BCUT2D eigenvalue weighted by molar-refractivity contribution is 9.10. The SMILES string of the molecule is Brc1cc(OC2CCOCC2)c2cn[nH]c2c1. The summed E-state index contributed by atoms with van der Waals surface area (Å²) in [5, 5.41) is 8.03. The molecule has 3 rings (SSSR count). The van der Waals surface area contributed by atoms with Gasteiger partial charge in [0.25, 0.3) is 0 Å². The van der Waals surface area contributed by atoms with Crippen LogP contribution < -0.4 is 4.74 Å². The molecule has 17 heavy (non-hydrogen) atoms. The molecule has 0 unspecified atom stereocenters. The molecule has 0 saturated carbocycles. The molecule has 1 aromatic carbocycles. The van der Waals surface area contributed by atoms with Crippen molar-refractivity contribution in [3.8, 4) is 5.75 Å². The minimum Gasteiger partial charge on any atom is -0.489 e. The number of rotatable bonds is 2. The summed E-state index contributed by atoms with van der Waals surface area (Å²) >= 11 is 3.48. The van der Waals surface area contributed by atoms with E-state index >= 15 is 0 Å². The lowest BCUT2D eigenvalue weighted by Gasteiger charge is -2.23. The Morgan fingerprint density at radius 2 is 2.18 bits per heavy atom. The molecular formula is C12H13BrN2O2. The summed E-state index contributed by atoms with van der Waals surface area (Å²) in [6.45, 7) is 1.57. The van der Waals surface area contributed by atoms with E-state index in [1.54, 1.807) is 6.20 Å². The molecule has 1 aromatic heterocycles. The first kappa shape index (κ1) is 11.0. The molecule has 1 aliphatic rings. The van der Waals surface area contributed by atoms with Crippen molar-refractivity contribution in [2.45, 2.75) is 18.9 Å². The quantitative estimate of drug-likeness (QED) is 0.927. The zero-order chi connectivity index (χ0) is 11.7. The molecule has 5 heteroatoms. The summed E-state index contributed by atoms with van der Waals surface area (Å²) in [7, 11) is 0. The van der Waals surface area contributed by atoms with Crippen molar-refractivity contribution in [1.29, 1.82) is 0 Å². The van der Waals surface area contributed by atoms with Crippen molar-refractivity contribution in [3.63, 3.8) is 0 Å². The maximum Gasteiger partial charge on any atom is 0.131 e. The standard InChI is InChI=1S/C12H13BrN2O2/c13-8-5-11-10(7-14-15-11)12(6-8)17-9-1-3-16-4-2-9/h5-7,9H,1-4H2,(H,14,15). The molecule has 90 valence electrons. The number of halogens is 1. The number of fused-ring (bicyclic) bond motifs is 1. The Kier molecular flexibility index (Phi) is 3.03. The Bertz CT molecular complexity index is 520. The van der Waals surface area contributed by atoms with Crippen LogP contribution in [-0.4, -0.2) is 29.5 Å². The van der Waals surface area contributed by atoms with E-state index in [2.05, 4.69) is 26.1 Å². The van der Waals surface area contributed by atoms with Crippen LogP contribution in [0, 0.1) is 0 Å². The molecule has 1 N–H and O–H groups in total. The molecule has 2 heterocycles. The first-order valence-electron chi connectivity index (χ1n) is 5.70. The minimum atomic E-state index is 0.246. The van der Waals surface area contributed by atoms with Crippen LogP contribution in [0.1, 0.15) is 12.8 Å². The number of nitrogens with zero attached hydrogens (tertiary/aromatic N) is 1. The molecule has 0 aliphatic carbocycles. The number of ether oxygens (including phenoxy) is 2. The van der Waals surface area contributed by atoms with E-state index in [0.29, 0.717) is 0 Å². The van der Waals surface area contributed by atoms with Gasteiger partial charge in [-0.1, -0.05) is 15.9 Å². The summed E-state index contributed by atoms with van der Waals surface area (Å²) in [6.07, 6.45) is 3.95. The van der Waals surface area contributed by atoms with Gasteiger partial charge in [0.2, 0.25) is 0 Å². The van der Waals surface area contributed by atoms with E-state index < -0.39 is 0 Å². The summed E-state index contributed by atoms with van der Waals surface area (Å²) in [4.78, 5) is 0. The topological polar surface area (TPSA) is 47.1 Å². The van der Waals surface area contributed by atoms with Crippen molar-refractivity contribution in [2.75, 3.05) is 13.2 Å². The van der Waals surface area contributed by atoms with Crippen molar-refractivity contribution in [2.24, 2.45) is 0 Å². The molecule has 1 aliphatic heterocycles. The minimum absolute atomic E-state index is 0.246. The van der Waals surface area contributed by atoms with Crippen molar-refractivity contribution in [3.05, 3.63) is 22.8 Å². The van der Waals surface area contributed by atoms with E-state index in [1.807, 2.05) is 12.1 Å². The van der Waals surface area contributed by atoms with Gasteiger partial charge in [0.1, 0.15) is 11.9 Å². The highest BCUT2D eigenvalue weighted by Crippen LogP contribution is 2.30. The van der Waals surface area contributed by atoms with Gasteiger partial charge in [-0.3, -0.25) is 5.10 Å². The third-order valence-corrected chi connectivity index (χ3v) is 3.41. The zero-order valence-corrected chi connectivity index (χ0v) is 10.9. The highest BCUT2D eigenvalue weighted by atomic mass is 79.9. The fraction of sp³-hybridized carbons (Fsp3) is 0.417. The van der Waals surface area contributed by atoms with Gasteiger partial charge in [0.15, 0.2) is 0 Å². The van der Waals surface area contributed by atoms with Crippen LogP contribution in [0.2, 0.25) is 0 Å². The molecule has 0 bridgehead atoms. The fourth-order valence-corrected chi connectivity index (χ4v) is 2.49. The molecule has 4 nitrogen and oxygen atoms in total. The van der Waals surface area contributed by atoms with E-state index in [4.69, 9.17) is 9.47 Å². The second kappa shape index (κ2) is 4.66. The lowest BCUT2D eigenvalue weighted by atomic mass is 10.1. The molecule has 0 radical (unpaired) electrons.